The average Bonchev–Trinajstić information content (AvgIpc) is 3.09. The van der Waals surface area contributed by atoms with Crippen LogP contribution in [0.3, 0.4) is 0 Å². The minimum Gasteiger partial charge on any atom is -0.465 e. The Morgan fingerprint density at radius 1 is 1.10 bits per heavy atom. The lowest BCUT2D eigenvalue weighted by Gasteiger charge is -2.22. The Hall–Kier alpha value is -3.74. The number of rotatable bonds is 4. The number of nitrogens with zero attached hydrogens (tertiary/aromatic N) is 3. The predicted molar refractivity (Wildman–Crippen MR) is 110 cm³/mol. The molecule has 1 amide bonds. The topological polar surface area (TPSA) is 84.4 Å². The zero-order chi connectivity index (χ0) is 20.4. The fraction of sp³-hybridized carbons (Fsp3) is 0.182. The highest BCUT2D eigenvalue weighted by Gasteiger charge is 2.32. The number of carbonyl (C=O) groups is 2. The number of aromatic nitrogens is 2. The van der Waals surface area contributed by atoms with E-state index in [4.69, 9.17) is 4.74 Å². The Kier molecular flexibility index (Phi) is 4.95. The van der Waals surface area contributed by atoms with Gasteiger partial charge in [-0.2, -0.15) is 0 Å². The summed E-state index contributed by atoms with van der Waals surface area (Å²) in [6, 6.07) is 16.4. The number of amides is 1. The number of anilines is 3. The summed E-state index contributed by atoms with van der Waals surface area (Å²) in [6.07, 6.45) is 2.19. The van der Waals surface area contributed by atoms with E-state index in [1.165, 1.54) is 13.4 Å². The Labute approximate surface area is 168 Å². The van der Waals surface area contributed by atoms with E-state index in [9.17, 15) is 9.59 Å². The van der Waals surface area contributed by atoms with Crippen LogP contribution in [0.15, 0.2) is 60.9 Å². The van der Waals surface area contributed by atoms with Crippen molar-refractivity contribution in [2.45, 2.75) is 19.4 Å². The van der Waals surface area contributed by atoms with Gasteiger partial charge in [0.25, 0.3) is 5.91 Å². The molecular formula is C22H20N4O3. The third-order valence-electron chi connectivity index (χ3n) is 4.89. The van der Waals surface area contributed by atoms with E-state index in [0.717, 1.165) is 23.4 Å². The van der Waals surface area contributed by atoms with E-state index in [2.05, 4.69) is 15.3 Å². The third kappa shape index (κ3) is 3.67. The van der Waals surface area contributed by atoms with Crippen LogP contribution in [-0.4, -0.2) is 35.0 Å². The molecule has 1 aliphatic rings. The van der Waals surface area contributed by atoms with Crippen molar-refractivity contribution >= 4 is 29.1 Å². The highest BCUT2D eigenvalue weighted by Crippen LogP contribution is 2.33. The SMILES string of the molecule is COC(=O)c1ccc(Nc2cc(C(=O)N3c4ccccc4CC3C)ncn2)cc1. The number of methoxy groups -OCH3 is 1. The number of hydrogen-bond acceptors (Lipinski definition) is 6. The summed E-state index contributed by atoms with van der Waals surface area (Å²) in [4.78, 5) is 34.8. The van der Waals surface area contributed by atoms with Gasteiger partial charge >= 0.3 is 5.97 Å². The van der Waals surface area contributed by atoms with Crippen LogP contribution in [-0.2, 0) is 11.2 Å². The van der Waals surface area contributed by atoms with Crippen molar-refractivity contribution in [1.29, 1.82) is 0 Å². The second-order valence-corrected chi connectivity index (χ2v) is 6.84. The molecule has 0 fully saturated rings. The first-order valence-electron chi connectivity index (χ1n) is 9.25. The molecule has 4 rings (SSSR count). The molecule has 0 saturated carbocycles. The van der Waals surface area contributed by atoms with E-state index < -0.39 is 5.97 Å². The van der Waals surface area contributed by atoms with Crippen LogP contribution in [0.5, 0.6) is 0 Å². The first-order valence-corrected chi connectivity index (χ1v) is 9.25. The van der Waals surface area contributed by atoms with Gasteiger partial charge in [0.1, 0.15) is 17.8 Å². The van der Waals surface area contributed by atoms with Crippen LogP contribution in [0.2, 0.25) is 0 Å². The Bertz CT molecular complexity index is 1070. The monoisotopic (exact) mass is 388 g/mol. The molecule has 29 heavy (non-hydrogen) atoms. The summed E-state index contributed by atoms with van der Waals surface area (Å²) in [7, 11) is 1.34. The van der Waals surface area contributed by atoms with Crippen molar-refractivity contribution in [2.24, 2.45) is 0 Å². The van der Waals surface area contributed by atoms with Gasteiger partial charge < -0.3 is 15.0 Å². The van der Waals surface area contributed by atoms with Crippen molar-refractivity contribution in [3.63, 3.8) is 0 Å². The van der Waals surface area contributed by atoms with Crippen LogP contribution < -0.4 is 10.2 Å². The maximum Gasteiger partial charge on any atom is 0.337 e. The number of hydrogen-bond donors (Lipinski definition) is 1. The third-order valence-corrected chi connectivity index (χ3v) is 4.89. The number of nitrogens with one attached hydrogen (secondary N) is 1. The highest BCUT2D eigenvalue weighted by atomic mass is 16.5. The molecule has 0 bridgehead atoms. The number of ether oxygens (including phenoxy) is 1. The molecule has 1 aromatic heterocycles. The first kappa shape index (κ1) is 18.6. The number of para-hydroxylation sites is 1. The minimum atomic E-state index is -0.397. The standard InChI is InChI=1S/C22H20N4O3/c1-14-11-16-5-3-4-6-19(16)26(14)21(27)18-12-20(24-13-23-18)25-17-9-7-15(8-10-17)22(28)29-2/h3-10,12-14H,11H2,1-2H3,(H,23,24,25). The van der Waals surface area contributed by atoms with Crippen LogP contribution in [0.4, 0.5) is 17.2 Å². The summed E-state index contributed by atoms with van der Waals surface area (Å²) in [5.41, 5.74) is 3.59. The molecule has 1 aliphatic heterocycles. The maximum atomic E-state index is 13.1. The van der Waals surface area contributed by atoms with Crippen molar-refractivity contribution < 1.29 is 14.3 Å². The van der Waals surface area contributed by atoms with Crippen molar-refractivity contribution in [2.75, 3.05) is 17.3 Å². The number of carbonyl (C=O) groups excluding carboxylic acids is 2. The van der Waals surface area contributed by atoms with Crippen molar-refractivity contribution in [3.05, 3.63) is 77.7 Å². The van der Waals surface area contributed by atoms with Gasteiger partial charge in [0.05, 0.1) is 12.7 Å². The minimum absolute atomic E-state index is 0.0668. The molecule has 3 aromatic rings. The lowest BCUT2D eigenvalue weighted by molar-refractivity contribution is 0.0600. The number of fused-ring (bicyclic) bond motifs is 1. The Morgan fingerprint density at radius 3 is 2.62 bits per heavy atom. The molecule has 0 spiro atoms. The fourth-order valence-corrected chi connectivity index (χ4v) is 3.50. The van der Waals surface area contributed by atoms with Gasteiger partial charge in [-0.1, -0.05) is 18.2 Å². The first-order chi connectivity index (χ1) is 14.1. The molecule has 0 saturated heterocycles. The normalized spacial score (nSPS) is 15.0. The second kappa shape index (κ2) is 7.71. The highest BCUT2D eigenvalue weighted by molar-refractivity contribution is 6.06. The summed E-state index contributed by atoms with van der Waals surface area (Å²) < 4.78 is 4.70. The van der Waals surface area contributed by atoms with E-state index >= 15 is 0 Å². The van der Waals surface area contributed by atoms with Gasteiger partial charge in [-0.05, 0) is 49.2 Å². The molecular weight excluding hydrogens is 368 g/mol. The smallest absolute Gasteiger partial charge is 0.337 e. The molecule has 7 heteroatoms. The molecule has 2 aromatic carbocycles. The quantitative estimate of drug-likeness (QED) is 0.688. The van der Waals surface area contributed by atoms with Gasteiger partial charge in [0.15, 0.2) is 0 Å². The predicted octanol–water partition coefficient (Wildman–Crippen LogP) is 3.60. The number of esters is 1. The zero-order valence-corrected chi connectivity index (χ0v) is 16.1. The molecule has 1 unspecified atom stereocenters. The molecule has 1 N–H and O–H groups in total. The van der Waals surface area contributed by atoms with E-state index in [1.807, 2.05) is 31.2 Å². The summed E-state index contributed by atoms with van der Waals surface area (Å²) in [5.74, 6) is -0.0604. The molecule has 146 valence electrons. The number of benzene rings is 2. The maximum absolute atomic E-state index is 13.1. The van der Waals surface area contributed by atoms with E-state index in [1.54, 1.807) is 35.2 Å². The Balaban J connectivity index is 1.55. The zero-order valence-electron chi connectivity index (χ0n) is 16.1. The molecule has 1 atom stereocenters. The van der Waals surface area contributed by atoms with E-state index in [0.29, 0.717) is 17.1 Å². The molecule has 0 radical (unpaired) electrons. The van der Waals surface area contributed by atoms with Crippen LogP contribution >= 0.6 is 0 Å². The van der Waals surface area contributed by atoms with Crippen molar-refractivity contribution in [1.82, 2.24) is 9.97 Å². The summed E-state index contributed by atoms with van der Waals surface area (Å²) in [6.45, 7) is 2.03. The molecule has 2 heterocycles. The van der Waals surface area contributed by atoms with Gasteiger partial charge in [0, 0.05) is 23.5 Å². The van der Waals surface area contributed by atoms with E-state index in [-0.39, 0.29) is 11.9 Å². The van der Waals surface area contributed by atoms with Crippen LogP contribution in [0.25, 0.3) is 0 Å². The average molecular weight is 388 g/mol. The second-order valence-electron chi connectivity index (χ2n) is 6.84. The largest absolute Gasteiger partial charge is 0.465 e. The van der Waals surface area contributed by atoms with Gasteiger partial charge in [-0.3, -0.25) is 4.79 Å². The van der Waals surface area contributed by atoms with Gasteiger partial charge in [-0.25, -0.2) is 14.8 Å². The summed E-state index contributed by atoms with van der Waals surface area (Å²) in [5, 5.41) is 3.13. The Morgan fingerprint density at radius 2 is 1.86 bits per heavy atom. The molecule has 7 nitrogen and oxygen atoms in total. The van der Waals surface area contributed by atoms with Crippen LogP contribution in [0, 0.1) is 0 Å². The summed E-state index contributed by atoms with van der Waals surface area (Å²) >= 11 is 0. The fourth-order valence-electron chi connectivity index (χ4n) is 3.50. The lowest BCUT2D eigenvalue weighted by atomic mass is 10.1. The van der Waals surface area contributed by atoms with Gasteiger partial charge in [0.2, 0.25) is 0 Å². The lowest BCUT2D eigenvalue weighted by Crippen LogP contribution is -2.36. The van der Waals surface area contributed by atoms with Crippen LogP contribution in [0.1, 0.15) is 33.3 Å². The van der Waals surface area contributed by atoms with Crippen molar-refractivity contribution in [3.8, 4) is 0 Å². The molecule has 0 aliphatic carbocycles. The van der Waals surface area contributed by atoms with Gasteiger partial charge in [-0.15, -0.1) is 0 Å².